The van der Waals surface area contributed by atoms with E-state index in [1.165, 1.54) is 5.57 Å². The summed E-state index contributed by atoms with van der Waals surface area (Å²) in [4.78, 5) is 11.9. The van der Waals surface area contributed by atoms with Gasteiger partial charge >= 0.3 is 0 Å². The number of Topliss-reactive ketones (excluding diaryl/α,β-unsaturated/α-hetero) is 1. The summed E-state index contributed by atoms with van der Waals surface area (Å²) >= 11 is 0. The zero-order valence-electron chi connectivity index (χ0n) is 15.0. The van der Waals surface area contributed by atoms with Crippen LogP contribution in [0.2, 0.25) is 0 Å². The molecule has 0 aliphatic heterocycles. The van der Waals surface area contributed by atoms with Crippen molar-refractivity contribution in [1.29, 1.82) is 0 Å². The molecule has 122 valence electrons. The summed E-state index contributed by atoms with van der Waals surface area (Å²) in [7, 11) is 0. The van der Waals surface area contributed by atoms with Crippen molar-refractivity contribution in [3.8, 4) is 0 Å². The molecule has 3 aliphatic rings. The minimum atomic E-state index is 0.110. The largest absolute Gasteiger partial charge is 0.295 e. The number of allylic oxidation sites excluding steroid dienone is 12. The van der Waals surface area contributed by atoms with E-state index < -0.39 is 0 Å². The van der Waals surface area contributed by atoms with Gasteiger partial charge in [0.2, 0.25) is 0 Å². The fraction of sp³-hybridized carbons (Fsp3) is 0.318. The van der Waals surface area contributed by atoms with E-state index in [-0.39, 0.29) is 17.6 Å². The third kappa shape index (κ3) is 3.44. The molecule has 0 amide bonds. The van der Waals surface area contributed by atoms with Gasteiger partial charge < -0.3 is 0 Å². The monoisotopic (exact) mass is 308 g/mol. The molecule has 2 unspecified atom stereocenters. The topological polar surface area (TPSA) is 17.1 Å². The molecule has 0 spiro atoms. The van der Waals surface area contributed by atoms with Crippen molar-refractivity contribution in [2.24, 2.45) is 11.8 Å². The van der Waals surface area contributed by atoms with E-state index >= 15 is 0 Å². The predicted octanol–water partition coefficient (Wildman–Crippen LogP) is 5.91. The molecule has 1 heteroatoms. The molecule has 23 heavy (non-hydrogen) atoms. The molecule has 0 radical (unpaired) electrons. The minimum absolute atomic E-state index is 0.110. The van der Waals surface area contributed by atoms with Crippen molar-refractivity contribution in [1.82, 2.24) is 0 Å². The van der Waals surface area contributed by atoms with Crippen LogP contribution in [0.5, 0.6) is 0 Å². The Hall–Kier alpha value is -2.15. The van der Waals surface area contributed by atoms with Crippen molar-refractivity contribution >= 4 is 5.78 Å². The Kier molecular flexibility index (Phi) is 6.96. The first kappa shape index (κ1) is 18.9. The fourth-order valence-corrected chi connectivity index (χ4v) is 3.20. The second-order valence-corrected chi connectivity index (χ2v) is 5.16. The Labute approximate surface area is 141 Å². The highest BCUT2D eigenvalue weighted by molar-refractivity contribution is 5.98. The summed E-state index contributed by atoms with van der Waals surface area (Å²) in [5.41, 5.74) is 5.35. The maximum Gasteiger partial charge on any atom is 0.160 e. The maximum absolute atomic E-state index is 11.9. The Balaban J connectivity index is 0.000000615. The van der Waals surface area contributed by atoms with Gasteiger partial charge in [0, 0.05) is 17.4 Å². The summed E-state index contributed by atoms with van der Waals surface area (Å²) in [5.74, 6) is 0.551. The van der Waals surface area contributed by atoms with Gasteiger partial charge in [0.05, 0.1) is 0 Å². The zero-order valence-corrected chi connectivity index (χ0v) is 15.0. The van der Waals surface area contributed by atoms with Crippen LogP contribution < -0.4 is 0 Å². The Morgan fingerprint density at radius 2 is 1.74 bits per heavy atom. The molecule has 2 atom stereocenters. The third-order valence-corrected chi connectivity index (χ3v) is 4.08. The first-order valence-corrected chi connectivity index (χ1v) is 8.47. The van der Waals surface area contributed by atoms with E-state index in [1.54, 1.807) is 6.92 Å². The molecule has 0 aromatic rings. The minimum Gasteiger partial charge on any atom is -0.295 e. The number of carbonyl (C=O) groups is 1. The van der Waals surface area contributed by atoms with E-state index in [4.69, 9.17) is 0 Å². The van der Waals surface area contributed by atoms with Gasteiger partial charge in [0.1, 0.15) is 0 Å². The standard InChI is InChI=1S/C18H16O.2C2H6/c1-4-13-10-16(12(3)19)15-7-5-6-14-9-8-11(2)17(13)18(14)15;2*1-2/h4-10,17-18H,1-2H2,3H3;2*1-2H3. The average Bonchev–Trinajstić information content (AvgIpc) is 2.61. The Bertz CT molecular complexity index is 647. The van der Waals surface area contributed by atoms with Gasteiger partial charge in [-0.1, -0.05) is 77.3 Å². The van der Waals surface area contributed by atoms with Crippen LogP contribution in [0.1, 0.15) is 34.6 Å². The van der Waals surface area contributed by atoms with Crippen molar-refractivity contribution in [3.63, 3.8) is 0 Å². The summed E-state index contributed by atoms with van der Waals surface area (Å²) < 4.78 is 0. The highest BCUT2D eigenvalue weighted by atomic mass is 16.1. The van der Waals surface area contributed by atoms with Gasteiger partial charge in [-0.15, -0.1) is 0 Å². The molecular formula is C22H28O. The van der Waals surface area contributed by atoms with Crippen LogP contribution in [0, 0.1) is 11.8 Å². The van der Waals surface area contributed by atoms with Gasteiger partial charge in [-0.3, -0.25) is 4.79 Å². The fourth-order valence-electron chi connectivity index (χ4n) is 3.20. The molecule has 1 nitrogen and oxygen atoms in total. The first-order valence-electron chi connectivity index (χ1n) is 8.47. The molecule has 0 fully saturated rings. The highest BCUT2D eigenvalue weighted by Gasteiger charge is 2.37. The number of hydrogen-bond donors (Lipinski definition) is 0. The molecule has 0 saturated carbocycles. The van der Waals surface area contributed by atoms with Crippen LogP contribution in [0.15, 0.2) is 83.6 Å². The lowest BCUT2D eigenvalue weighted by Gasteiger charge is -2.39. The molecule has 0 bridgehead atoms. The van der Waals surface area contributed by atoms with Crippen molar-refractivity contribution in [2.45, 2.75) is 34.6 Å². The summed E-state index contributed by atoms with van der Waals surface area (Å²) in [5, 5.41) is 0. The van der Waals surface area contributed by atoms with Crippen molar-refractivity contribution in [2.75, 3.05) is 0 Å². The van der Waals surface area contributed by atoms with Gasteiger partial charge in [0.15, 0.2) is 5.78 Å². The lowest BCUT2D eigenvalue weighted by atomic mass is 9.64. The van der Waals surface area contributed by atoms with Gasteiger partial charge in [-0.25, -0.2) is 0 Å². The number of carbonyl (C=O) groups excluding carboxylic acids is 1. The normalized spacial score (nSPS) is 23.4. The van der Waals surface area contributed by atoms with E-state index in [1.807, 2.05) is 45.9 Å². The second kappa shape index (κ2) is 8.47. The quantitative estimate of drug-likeness (QED) is 0.620. The molecule has 0 saturated heterocycles. The van der Waals surface area contributed by atoms with E-state index in [0.29, 0.717) is 0 Å². The molecule has 3 aliphatic carbocycles. The van der Waals surface area contributed by atoms with Crippen molar-refractivity contribution < 1.29 is 4.79 Å². The van der Waals surface area contributed by atoms with E-state index in [2.05, 4.69) is 37.5 Å². The summed E-state index contributed by atoms with van der Waals surface area (Å²) in [6.45, 7) is 17.7. The number of ketones is 1. The lowest BCUT2D eigenvalue weighted by molar-refractivity contribution is -0.113. The average molecular weight is 308 g/mol. The Morgan fingerprint density at radius 1 is 1.09 bits per heavy atom. The van der Waals surface area contributed by atoms with Crippen molar-refractivity contribution in [3.05, 3.63) is 83.6 Å². The van der Waals surface area contributed by atoms with Crippen LogP contribution in [0.3, 0.4) is 0 Å². The van der Waals surface area contributed by atoms with Gasteiger partial charge in [-0.2, -0.15) is 0 Å². The van der Waals surface area contributed by atoms with Crippen LogP contribution in [0.4, 0.5) is 0 Å². The van der Waals surface area contributed by atoms with Crippen LogP contribution >= 0.6 is 0 Å². The summed E-state index contributed by atoms with van der Waals surface area (Å²) in [6.07, 6.45) is 14.2. The molecule has 0 aromatic heterocycles. The molecule has 0 N–H and O–H groups in total. The van der Waals surface area contributed by atoms with E-state index in [0.717, 1.165) is 22.3 Å². The SMILES string of the molecule is C=CC1=CC(C(C)=O)=C2C=CC=C3C=CC(=C)C1C32.CC.CC. The zero-order chi connectivity index (χ0) is 17.6. The third-order valence-electron chi connectivity index (χ3n) is 4.08. The Morgan fingerprint density at radius 3 is 2.30 bits per heavy atom. The molecule has 0 heterocycles. The second-order valence-electron chi connectivity index (χ2n) is 5.16. The van der Waals surface area contributed by atoms with Crippen LogP contribution in [-0.4, -0.2) is 5.78 Å². The highest BCUT2D eigenvalue weighted by Crippen LogP contribution is 2.48. The predicted molar refractivity (Wildman–Crippen MR) is 101 cm³/mol. The van der Waals surface area contributed by atoms with Gasteiger partial charge in [-0.05, 0) is 35.3 Å². The lowest BCUT2D eigenvalue weighted by Crippen LogP contribution is -2.29. The number of rotatable bonds is 2. The van der Waals surface area contributed by atoms with Crippen LogP contribution in [-0.2, 0) is 4.79 Å². The molecule has 0 aromatic carbocycles. The summed E-state index contributed by atoms with van der Waals surface area (Å²) in [6, 6.07) is 0. The maximum atomic E-state index is 11.9. The molecule has 3 rings (SSSR count). The first-order chi connectivity index (χ1) is 11.1. The number of hydrogen-bond acceptors (Lipinski definition) is 1. The smallest absolute Gasteiger partial charge is 0.160 e. The molecular weight excluding hydrogens is 280 g/mol. The van der Waals surface area contributed by atoms with Crippen LogP contribution in [0.25, 0.3) is 0 Å². The van der Waals surface area contributed by atoms with E-state index in [9.17, 15) is 4.79 Å². The van der Waals surface area contributed by atoms with Gasteiger partial charge in [0.25, 0.3) is 0 Å².